The summed E-state index contributed by atoms with van der Waals surface area (Å²) in [4.78, 5) is 6.68. The van der Waals surface area contributed by atoms with Gasteiger partial charge >= 0.3 is 0 Å². The van der Waals surface area contributed by atoms with Crippen LogP contribution in [0.2, 0.25) is 5.22 Å². The van der Waals surface area contributed by atoms with E-state index in [9.17, 15) is 0 Å². The smallest absolute Gasteiger partial charge is 0.213 e. The second kappa shape index (κ2) is 4.54. The van der Waals surface area contributed by atoms with Gasteiger partial charge in [-0.1, -0.05) is 0 Å². The number of oxazole rings is 1. The molecule has 1 aromatic heterocycles. The van der Waals surface area contributed by atoms with Crippen LogP contribution in [0.3, 0.4) is 0 Å². The lowest BCUT2D eigenvalue weighted by atomic mass is 9.96. The van der Waals surface area contributed by atoms with Crippen molar-refractivity contribution in [1.29, 1.82) is 0 Å². The highest BCUT2D eigenvalue weighted by Crippen LogP contribution is 2.29. The van der Waals surface area contributed by atoms with E-state index in [0.29, 0.717) is 17.2 Å². The predicted molar refractivity (Wildman–Crippen MR) is 60.2 cm³/mol. The monoisotopic (exact) mass is 228 g/mol. The van der Waals surface area contributed by atoms with Gasteiger partial charge in [-0.15, -0.1) is 0 Å². The molecule has 2 heterocycles. The first-order valence-electron chi connectivity index (χ1n) is 5.52. The van der Waals surface area contributed by atoms with E-state index in [0.717, 1.165) is 31.8 Å². The minimum atomic E-state index is 0.399. The summed E-state index contributed by atoms with van der Waals surface area (Å²) in [6.07, 6.45) is 3.83. The van der Waals surface area contributed by atoms with E-state index in [1.54, 1.807) is 6.20 Å². The molecule has 0 radical (unpaired) electrons. The molecule has 0 aromatic carbocycles. The summed E-state index contributed by atoms with van der Waals surface area (Å²) in [6.45, 7) is 6.73. The van der Waals surface area contributed by atoms with Crippen LogP contribution in [0.4, 0.5) is 0 Å². The standard InChI is InChI=1S/C11H17ClN2O/c1-8(2)14-5-3-9(4-6-14)11-13-7-10(12)15-11/h7-9H,3-6H2,1-2H3. The van der Waals surface area contributed by atoms with E-state index in [4.69, 9.17) is 16.0 Å². The Morgan fingerprint density at radius 1 is 1.47 bits per heavy atom. The molecule has 15 heavy (non-hydrogen) atoms. The average Bonchev–Trinajstić information content (AvgIpc) is 2.65. The Bertz CT molecular complexity index is 316. The van der Waals surface area contributed by atoms with E-state index in [2.05, 4.69) is 23.7 Å². The number of piperidine rings is 1. The zero-order valence-corrected chi connectivity index (χ0v) is 10.00. The fraction of sp³-hybridized carbons (Fsp3) is 0.727. The molecule has 1 aromatic rings. The van der Waals surface area contributed by atoms with Crippen LogP contribution in [0.15, 0.2) is 10.6 Å². The molecule has 3 nitrogen and oxygen atoms in total. The molecule has 0 aliphatic carbocycles. The van der Waals surface area contributed by atoms with E-state index in [1.165, 1.54) is 0 Å². The maximum absolute atomic E-state index is 5.72. The molecule has 0 saturated carbocycles. The summed E-state index contributed by atoms with van der Waals surface area (Å²) < 4.78 is 5.35. The van der Waals surface area contributed by atoms with Crippen LogP contribution < -0.4 is 0 Å². The highest BCUT2D eigenvalue weighted by Gasteiger charge is 2.25. The molecule has 0 amide bonds. The lowest BCUT2D eigenvalue weighted by Crippen LogP contribution is -2.37. The minimum absolute atomic E-state index is 0.399. The fourth-order valence-electron chi connectivity index (χ4n) is 2.12. The maximum Gasteiger partial charge on any atom is 0.213 e. The van der Waals surface area contributed by atoms with Crippen LogP contribution in [0.5, 0.6) is 0 Å². The zero-order chi connectivity index (χ0) is 10.8. The zero-order valence-electron chi connectivity index (χ0n) is 9.24. The SMILES string of the molecule is CC(C)N1CCC(c2ncc(Cl)o2)CC1. The van der Waals surface area contributed by atoms with Crippen molar-refractivity contribution in [3.8, 4) is 0 Å². The minimum Gasteiger partial charge on any atom is -0.429 e. The van der Waals surface area contributed by atoms with E-state index >= 15 is 0 Å². The summed E-state index contributed by atoms with van der Waals surface area (Å²) >= 11 is 5.72. The Morgan fingerprint density at radius 3 is 2.60 bits per heavy atom. The Balaban J connectivity index is 1.93. The Kier molecular flexibility index (Phi) is 3.32. The highest BCUT2D eigenvalue weighted by atomic mass is 35.5. The summed E-state index contributed by atoms with van der Waals surface area (Å²) in [5, 5.41) is 0.399. The van der Waals surface area contributed by atoms with Crippen molar-refractivity contribution in [1.82, 2.24) is 9.88 Å². The van der Waals surface area contributed by atoms with Gasteiger partial charge in [0.1, 0.15) is 0 Å². The van der Waals surface area contributed by atoms with Crippen molar-refractivity contribution < 1.29 is 4.42 Å². The van der Waals surface area contributed by atoms with Gasteiger partial charge in [0.05, 0.1) is 6.20 Å². The van der Waals surface area contributed by atoms with Crippen LogP contribution in [0.1, 0.15) is 38.5 Å². The van der Waals surface area contributed by atoms with Crippen molar-refractivity contribution in [2.24, 2.45) is 0 Å². The Labute approximate surface area is 95.4 Å². The fourth-order valence-corrected chi connectivity index (χ4v) is 2.25. The van der Waals surface area contributed by atoms with Gasteiger partial charge in [0, 0.05) is 12.0 Å². The van der Waals surface area contributed by atoms with Gasteiger partial charge < -0.3 is 9.32 Å². The molecule has 0 bridgehead atoms. The van der Waals surface area contributed by atoms with Crippen LogP contribution in [-0.2, 0) is 0 Å². The molecule has 0 unspecified atom stereocenters. The van der Waals surface area contributed by atoms with Gasteiger partial charge in [-0.3, -0.25) is 0 Å². The van der Waals surface area contributed by atoms with E-state index in [-0.39, 0.29) is 0 Å². The van der Waals surface area contributed by atoms with Crippen molar-refractivity contribution >= 4 is 11.6 Å². The topological polar surface area (TPSA) is 29.3 Å². The van der Waals surface area contributed by atoms with Crippen molar-refractivity contribution in [3.05, 3.63) is 17.3 Å². The lowest BCUT2D eigenvalue weighted by molar-refractivity contribution is 0.163. The third-order valence-electron chi connectivity index (χ3n) is 3.10. The second-order valence-electron chi connectivity index (χ2n) is 4.41. The number of likely N-dealkylation sites (tertiary alicyclic amines) is 1. The van der Waals surface area contributed by atoms with E-state index < -0.39 is 0 Å². The van der Waals surface area contributed by atoms with Crippen molar-refractivity contribution in [2.75, 3.05) is 13.1 Å². The summed E-state index contributed by atoms with van der Waals surface area (Å²) in [6, 6.07) is 0.638. The van der Waals surface area contributed by atoms with Gasteiger partial charge in [0.15, 0.2) is 5.89 Å². The largest absolute Gasteiger partial charge is 0.429 e. The number of hydrogen-bond acceptors (Lipinski definition) is 3. The normalized spacial score (nSPS) is 20.0. The van der Waals surface area contributed by atoms with E-state index in [1.807, 2.05) is 0 Å². The third-order valence-corrected chi connectivity index (χ3v) is 3.28. The summed E-state index contributed by atoms with van der Waals surface area (Å²) in [5.41, 5.74) is 0. The second-order valence-corrected chi connectivity index (χ2v) is 4.78. The highest BCUT2D eigenvalue weighted by molar-refractivity contribution is 6.28. The molecule has 84 valence electrons. The molecule has 0 spiro atoms. The Morgan fingerprint density at radius 2 is 2.13 bits per heavy atom. The molecule has 0 N–H and O–H groups in total. The lowest BCUT2D eigenvalue weighted by Gasteiger charge is -2.33. The molecule has 1 aliphatic heterocycles. The number of aromatic nitrogens is 1. The van der Waals surface area contributed by atoms with Crippen LogP contribution in [0, 0.1) is 0 Å². The molecular formula is C11H17ClN2O. The first-order chi connectivity index (χ1) is 7.16. The van der Waals surface area contributed by atoms with Crippen LogP contribution >= 0.6 is 11.6 Å². The molecule has 1 saturated heterocycles. The third kappa shape index (κ3) is 2.52. The molecule has 0 atom stereocenters. The predicted octanol–water partition coefficient (Wildman–Crippen LogP) is 2.92. The number of rotatable bonds is 2. The van der Waals surface area contributed by atoms with Gasteiger partial charge in [-0.25, -0.2) is 4.98 Å². The quantitative estimate of drug-likeness (QED) is 0.780. The molecule has 1 fully saturated rings. The summed E-state index contributed by atoms with van der Waals surface area (Å²) in [5.74, 6) is 1.26. The molecule has 2 rings (SSSR count). The molecular weight excluding hydrogens is 212 g/mol. The van der Waals surface area contributed by atoms with Crippen LogP contribution in [0.25, 0.3) is 0 Å². The van der Waals surface area contributed by atoms with Gasteiger partial charge in [0.25, 0.3) is 0 Å². The van der Waals surface area contributed by atoms with Gasteiger partial charge in [0.2, 0.25) is 5.22 Å². The first kappa shape index (κ1) is 11.0. The molecule has 4 heteroatoms. The van der Waals surface area contributed by atoms with Crippen molar-refractivity contribution in [3.63, 3.8) is 0 Å². The molecule has 1 aliphatic rings. The number of nitrogens with zero attached hydrogens (tertiary/aromatic N) is 2. The van der Waals surface area contributed by atoms with Gasteiger partial charge in [-0.05, 0) is 51.4 Å². The number of hydrogen-bond donors (Lipinski definition) is 0. The number of halogens is 1. The van der Waals surface area contributed by atoms with Crippen molar-refractivity contribution in [2.45, 2.75) is 38.6 Å². The summed E-state index contributed by atoms with van der Waals surface area (Å²) in [7, 11) is 0. The first-order valence-corrected chi connectivity index (χ1v) is 5.90. The Hall–Kier alpha value is -0.540. The van der Waals surface area contributed by atoms with Crippen LogP contribution in [-0.4, -0.2) is 29.0 Å². The average molecular weight is 229 g/mol. The maximum atomic E-state index is 5.72. The van der Waals surface area contributed by atoms with Gasteiger partial charge in [-0.2, -0.15) is 0 Å².